The first-order chi connectivity index (χ1) is 10.6. The Balaban J connectivity index is 1.59. The maximum atomic E-state index is 12.0. The molecule has 2 aromatic rings. The van der Waals surface area contributed by atoms with Crippen molar-refractivity contribution in [3.05, 3.63) is 23.4 Å². The van der Waals surface area contributed by atoms with Gasteiger partial charge in [-0.05, 0) is 38.8 Å². The normalized spacial score (nSPS) is 16.2. The highest BCUT2D eigenvalue weighted by atomic mass is 32.1. The molecule has 7 heteroatoms. The average Bonchev–Trinajstić information content (AvgIpc) is 3.18. The van der Waals surface area contributed by atoms with E-state index in [1.54, 1.807) is 17.6 Å². The molecule has 0 bridgehead atoms. The number of furan rings is 1. The predicted molar refractivity (Wildman–Crippen MR) is 84.8 cm³/mol. The summed E-state index contributed by atoms with van der Waals surface area (Å²) in [4.78, 5) is 13.9. The van der Waals surface area contributed by atoms with Gasteiger partial charge in [-0.15, -0.1) is 10.2 Å². The number of nitrogens with zero attached hydrogens (tertiary/aromatic N) is 3. The lowest BCUT2D eigenvalue weighted by Crippen LogP contribution is -2.46. The number of likely N-dealkylation sites (tertiary alicyclic amines) is 1. The first kappa shape index (κ1) is 15.0. The molecule has 0 aliphatic carbocycles. The monoisotopic (exact) mass is 320 g/mol. The summed E-state index contributed by atoms with van der Waals surface area (Å²) in [5, 5.41) is 13.3. The summed E-state index contributed by atoms with van der Waals surface area (Å²) in [5.41, 5.74) is 0. The van der Waals surface area contributed by atoms with Crippen LogP contribution in [0.4, 0.5) is 4.79 Å². The number of carbonyl (C=O) groups is 1. The Morgan fingerprint density at radius 2 is 2.18 bits per heavy atom. The summed E-state index contributed by atoms with van der Waals surface area (Å²) in [6.45, 7) is 5.47. The van der Waals surface area contributed by atoms with E-state index in [4.69, 9.17) is 4.42 Å². The van der Waals surface area contributed by atoms with Crippen molar-refractivity contribution in [1.82, 2.24) is 20.4 Å². The smallest absolute Gasteiger partial charge is 0.317 e. The highest BCUT2D eigenvalue weighted by molar-refractivity contribution is 7.14. The third kappa shape index (κ3) is 3.30. The van der Waals surface area contributed by atoms with Gasteiger partial charge in [-0.3, -0.25) is 0 Å². The predicted octanol–water partition coefficient (Wildman–Crippen LogP) is 3.10. The fourth-order valence-corrected chi connectivity index (χ4v) is 3.55. The van der Waals surface area contributed by atoms with Crippen LogP contribution in [0.2, 0.25) is 0 Å². The number of aromatic nitrogens is 2. The molecule has 3 heterocycles. The fraction of sp³-hybridized carbons (Fsp3) is 0.533. The molecular formula is C15H20N4O2S. The summed E-state index contributed by atoms with van der Waals surface area (Å²) in [7, 11) is 0. The number of hydrogen-bond donors (Lipinski definition) is 1. The zero-order valence-electron chi connectivity index (χ0n) is 12.8. The van der Waals surface area contributed by atoms with E-state index in [9.17, 15) is 4.79 Å². The summed E-state index contributed by atoms with van der Waals surface area (Å²) in [6.07, 6.45) is 3.50. The van der Waals surface area contributed by atoms with Gasteiger partial charge in [0.2, 0.25) is 0 Å². The van der Waals surface area contributed by atoms with Crippen molar-refractivity contribution in [2.75, 3.05) is 13.1 Å². The first-order valence-corrected chi connectivity index (χ1v) is 8.38. The van der Waals surface area contributed by atoms with Crippen LogP contribution in [0.15, 0.2) is 22.8 Å². The Morgan fingerprint density at radius 1 is 1.41 bits per heavy atom. The Kier molecular flexibility index (Phi) is 4.42. The largest absolute Gasteiger partial charge is 0.462 e. The van der Waals surface area contributed by atoms with Crippen molar-refractivity contribution in [3.63, 3.8) is 0 Å². The average molecular weight is 320 g/mol. The van der Waals surface area contributed by atoms with Crippen LogP contribution in [-0.4, -0.2) is 40.3 Å². The Labute approximate surface area is 133 Å². The van der Waals surface area contributed by atoms with E-state index in [0.717, 1.165) is 41.7 Å². The second kappa shape index (κ2) is 6.48. The SMILES string of the molecule is CC(C)NC(=O)N1CCC(c2nnc(-c3ccco3)s2)CC1. The third-order valence-electron chi connectivity index (χ3n) is 3.72. The molecule has 0 spiro atoms. The molecule has 0 radical (unpaired) electrons. The van der Waals surface area contributed by atoms with E-state index >= 15 is 0 Å². The maximum Gasteiger partial charge on any atom is 0.317 e. The minimum Gasteiger partial charge on any atom is -0.462 e. The second-order valence-corrected chi connectivity index (χ2v) is 6.80. The molecule has 0 saturated carbocycles. The van der Waals surface area contributed by atoms with E-state index in [0.29, 0.717) is 5.92 Å². The molecule has 0 unspecified atom stereocenters. The van der Waals surface area contributed by atoms with Crippen LogP contribution in [0.5, 0.6) is 0 Å². The highest BCUT2D eigenvalue weighted by Gasteiger charge is 2.26. The molecule has 2 aromatic heterocycles. The second-order valence-electron chi connectivity index (χ2n) is 5.79. The van der Waals surface area contributed by atoms with Gasteiger partial charge in [0.1, 0.15) is 5.01 Å². The van der Waals surface area contributed by atoms with Crippen LogP contribution in [-0.2, 0) is 0 Å². The van der Waals surface area contributed by atoms with Crippen LogP contribution in [0.1, 0.15) is 37.6 Å². The van der Waals surface area contributed by atoms with Gasteiger partial charge < -0.3 is 14.6 Å². The lowest BCUT2D eigenvalue weighted by atomic mass is 9.98. The molecule has 3 rings (SSSR count). The van der Waals surface area contributed by atoms with Crippen molar-refractivity contribution in [2.45, 2.75) is 38.6 Å². The summed E-state index contributed by atoms with van der Waals surface area (Å²) >= 11 is 1.58. The standard InChI is InChI=1S/C15H20N4O2S/c1-10(2)16-15(20)19-7-5-11(6-8-19)13-17-18-14(22-13)12-4-3-9-21-12/h3-4,9-11H,5-8H2,1-2H3,(H,16,20). The first-order valence-electron chi connectivity index (χ1n) is 7.56. The zero-order valence-corrected chi connectivity index (χ0v) is 13.6. The maximum absolute atomic E-state index is 12.0. The number of carbonyl (C=O) groups excluding carboxylic acids is 1. The van der Waals surface area contributed by atoms with Gasteiger partial charge in [-0.1, -0.05) is 11.3 Å². The van der Waals surface area contributed by atoms with Crippen molar-refractivity contribution in [3.8, 4) is 10.8 Å². The van der Waals surface area contributed by atoms with E-state index in [-0.39, 0.29) is 12.1 Å². The molecule has 1 saturated heterocycles. The molecule has 0 aromatic carbocycles. The number of urea groups is 1. The molecule has 0 atom stereocenters. The van der Waals surface area contributed by atoms with Gasteiger partial charge in [-0.2, -0.15) is 0 Å². The number of piperidine rings is 1. The molecule has 118 valence electrons. The number of amides is 2. The third-order valence-corrected chi connectivity index (χ3v) is 4.82. The van der Waals surface area contributed by atoms with Gasteiger partial charge in [0.15, 0.2) is 10.8 Å². The topological polar surface area (TPSA) is 71.3 Å². The van der Waals surface area contributed by atoms with E-state index in [2.05, 4.69) is 15.5 Å². The van der Waals surface area contributed by atoms with Crippen molar-refractivity contribution < 1.29 is 9.21 Å². The number of nitrogens with one attached hydrogen (secondary N) is 1. The highest BCUT2D eigenvalue weighted by Crippen LogP contribution is 2.33. The summed E-state index contributed by atoms with van der Waals surface area (Å²) in [6, 6.07) is 3.94. The molecule has 1 aliphatic heterocycles. The zero-order chi connectivity index (χ0) is 15.5. The fourth-order valence-electron chi connectivity index (χ4n) is 2.57. The van der Waals surface area contributed by atoms with Gasteiger partial charge in [0.05, 0.1) is 6.26 Å². The van der Waals surface area contributed by atoms with Crippen molar-refractivity contribution in [2.24, 2.45) is 0 Å². The van der Waals surface area contributed by atoms with E-state index in [1.165, 1.54) is 0 Å². The number of hydrogen-bond acceptors (Lipinski definition) is 5. The van der Waals surface area contributed by atoms with E-state index in [1.807, 2.05) is 30.9 Å². The van der Waals surface area contributed by atoms with Crippen molar-refractivity contribution in [1.29, 1.82) is 0 Å². The van der Waals surface area contributed by atoms with Gasteiger partial charge in [0.25, 0.3) is 0 Å². The molecule has 1 N–H and O–H groups in total. The Morgan fingerprint density at radius 3 is 2.82 bits per heavy atom. The Bertz CT molecular complexity index is 615. The van der Waals surface area contributed by atoms with Gasteiger partial charge in [-0.25, -0.2) is 4.79 Å². The molecule has 6 nitrogen and oxygen atoms in total. The minimum absolute atomic E-state index is 0.0296. The molecular weight excluding hydrogens is 300 g/mol. The summed E-state index contributed by atoms with van der Waals surface area (Å²) < 4.78 is 5.35. The molecule has 1 fully saturated rings. The van der Waals surface area contributed by atoms with Gasteiger partial charge >= 0.3 is 6.03 Å². The minimum atomic E-state index is 0.0296. The Hall–Kier alpha value is -1.89. The van der Waals surface area contributed by atoms with Crippen LogP contribution in [0, 0.1) is 0 Å². The summed E-state index contributed by atoms with van der Waals surface area (Å²) in [5.74, 6) is 1.14. The van der Waals surface area contributed by atoms with Crippen LogP contribution >= 0.6 is 11.3 Å². The van der Waals surface area contributed by atoms with Gasteiger partial charge in [0, 0.05) is 25.0 Å². The lowest BCUT2D eigenvalue weighted by Gasteiger charge is -2.31. The number of rotatable bonds is 3. The van der Waals surface area contributed by atoms with Crippen molar-refractivity contribution >= 4 is 17.4 Å². The molecule has 2 amide bonds. The van der Waals surface area contributed by atoms with E-state index < -0.39 is 0 Å². The molecule has 22 heavy (non-hydrogen) atoms. The lowest BCUT2D eigenvalue weighted by molar-refractivity contribution is 0.179. The molecule has 1 aliphatic rings. The van der Waals surface area contributed by atoms with Crippen LogP contribution in [0.25, 0.3) is 10.8 Å². The quantitative estimate of drug-likeness (QED) is 0.943. The van der Waals surface area contributed by atoms with Crippen LogP contribution < -0.4 is 5.32 Å². The van der Waals surface area contributed by atoms with Crippen LogP contribution in [0.3, 0.4) is 0 Å².